The van der Waals surface area contributed by atoms with Crippen molar-refractivity contribution in [2.75, 3.05) is 19.8 Å². The summed E-state index contributed by atoms with van der Waals surface area (Å²) < 4.78 is 10.6. The number of ether oxygens (including phenoxy) is 2. The number of hydrogen-bond acceptors (Lipinski definition) is 4. The van der Waals surface area contributed by atoms with Crippen LogP contribution in [0.25, 0.3) is 0 Å². The molecule has 4 heteroatoms. The maximum atomic E-state index is 11.3. The number of benzene rings is 1. The van der Waals surface area contributed by atoms with Gasteiger partial charge in [-0.15, -0.1) is 0 Å². The topological polar surface area (TPSA) is 47.6 Å². The molecule has 2 rings (SSSR count). The van der Waals surface area contributed by atoms with Crippen LogP contribution in [0.4, 0.5) is 0 Å². The number of nitrogens with one attached hydrogen (secondary N) is 1. The van der Waals surface area contributed by atoms with Gasteiger partial charge in [0, 0.05) is 24.1 Å². The van der Waals surface area contributed by atoms with Gasteiger partial charge in [0.2, 0.25) is 0 Å². The lowest BCUT2D eigenvalue weighted by molar-refractivity contribution is -0.143. The number of carbonyl (C=O) groups excluding carboxylic acids is 1. The quantitative estimate of drug-likeness (QED) is 0.828. The van der Waals surface area contributed by atoms with Gasteiger partial charge in [0.25, 0.3) is 0 Å². The number of para-hydroxylation sites is 1. The summed E-state index contributed by atoms with van der Waals surface area (Å²) in [5.74, 6) is 1.18. The summed E-state index contributed by atoms with van der Waals surface area (Å²) in [7, 11) is 0. The van der Waals surface area contributed by atoms with Crippen LogP contribution in [0.2, 0.25) is 0 Å². The molecule has 2 unspecified atom stereocenters. The Morgan fingerprint density at radius 1 is 1.47 bits per heavy atom. The standard InChI is InChI=1S/C15H21NO3/c1-3-18-14(17)8-9-16-15-11(2)10-19-13-7-5-4-6-12(13)15/h4-7,11,15-16H,3,8-10H2,1-2H3. The van der Waals surface area contributed by atoms with Crippen LogP contribution in [0.5, 0.6) is 5.75 Å². The van der Waals surface area contributed by atoms with Crippen molar-refractivity contribution in [1.29, 1.82) is 0 Å². The second-order valence-electron chi connectivity index (χ2n) is 4.81. The number of hydrogen-bond donors (Lipinski definition) is 1. The molecule has 0 aliphatic carbocycles. The SMILES string of the molecule is CCOC(=O)CCNC1c2ccccc2OCC1C. The second kappa shape index (κ2) is 6.57. The average molecular weight is 263 g/mol. The van der Waals surface area contributed by atoms with E-state index in [0.29, 0.717) is 32.1 Å². The zero-order chi connectivity index (χ0) is 13.7. The first-order chi connectivity index (χ1) is 9.22. The van der Waals surface area contributed by atoms with Gasteiger partial charge in [0.05, 0.1) is 19.6 Å². The first kappa shape index (κ1) is 13.9. The van der Waals surface area contributed by atoms with Gasteiger partial charge in [-0.3, -0.25) is 4.79 Å². The zero-order valence-electron chi connectivity index (χ0n) is 11.5. The Labute approximate surface area is 114 Å². The Morgan fingerprint density at radius 2 is 2.26 bits per heavy atom. The maximum absolute atomic E-state index is 11.3. The van der Waals surface area contributed by atoms with Gasteiger partial charge in [-0.05, 0) is 13.0 Å². The van der Waals surface area contributed by atoms with E-state index in [-0.39, 0.29) is 12.0 Å². The van der Waals surface area contributed by atoms with Crippen LogP contribution in [0, 0.1) is 5.92 Å². The van der Waals surface area contributed by atoms with Crippen LogP contribution in [-0.2, 0) is 9.53 Å². The van der Waals surface area contributed by atoms with E-state index in [4.69, 9.17) is 9.47 Å². The average Bonchev–Trinajstić information content (AvgIpc) is 2.41. The van der Waals surface area contributed by atoms with Crippen molar-refractivity contribution >= 4 is 5.97 Å². The van der Waals surface area contributed by atoms with Gasteiger partial charge in [-0.2, -0.15) is 0 Å². The molecule has 1 aromatic rings. The highest BCUT2D eigenvalue weighted by atomic mass is 16.5. The fourth-order valence-electron chi connectivity index (χ4n) is 2.37. The van der Waals surface area contributed by atoms with Crippen LogP contribution >= 0.6 is 0 Å². The molecule has 0 saturated carbocycles. The van der Waals surface area contributed by atoms with Gasteiger partial charge in [-0.1, -0.05) is 25.1 Å². The smallest absolute Gasteiger partial charge is 0.307 e. The Morgan fingerprint density at radius 3 is 3.05 bits per heavy atom. The minimum absolute atomic E-state index is 0.150. The Kier molecular flexibility index (Phi) is 4.80. The molecule has 4 nitrogen and oxygen atoms in total. The summed E-state index contributed by atoms with van der Waals surface area (Å²) >= 11 is 0. The van der Waals surface area contributed by atoms with Crippen molar-refractivity contribution in [1.82, 2.24) is 5.32 Å². The van der Waals surface area contributed by atoms with Crippen molar-refractivity contribution in [2.24, 2.45) is 5.92 Å². The van der Waals surface area contributed by atoms with E-state index in [1.807, 2.05) is 25.1 Å². The fraction of sp³-hybridized carbons (Fsp3) is 0.533. The molecule has 0 saturated heterocycles. The Balaban J connectivity index is 1.94. The number of rotatable bonds is 5. The summed E-state index contributed by atoms with van der Waals surface area (Å²) in [4.78, 5) is 11.3. The molecule has 1 aromatic carbocycles. The van der Waals surface area contributed by atoms with E-state index in [1.165, 1.54) is 5.56 Å². The van der Waals surface area contributed by atoms with E-state index >= 15 is 0 Å². The van der Waals surface area contributed by atoms with Gasteiger partial charge < -0.3 is 14.8 Å². The van der Waals surface area contributed by atoms with Crippen molar-refractivity contribution in [3.63, 3.8) is 0 Å². The molecule has 0 aromatic heterocycles. The predicted octanol–water partition coefficient (Wildman–Crippen LogP) is 2.30. The van der Waals surface area contributed by atoms with Gasteiger partial charge in [0.1, 0.15) is 5.75 Å². The largest absolute Gasteiger partial charge is 0.493 e. The molecule has 0 fully saturated rings. The van der Waals surface area contributed by atoms with E-state index in [0.717, 1.165) is 5.75 Å². The van der Waals surface area contributed by atoms with Crippen molar-refractivity contribution in [3.8, 4) is 5.75 Å². The maximum Gasteiger partial charge on any atom is 0.307 e. The van der Waals surface area contributed by atoms with E-state index in [2.05, 4.69) is 18.3 Å². The number of fused-ring (bicyclic) bond motifs is 1. The molecule has 1 N–H and O–H groups in total. The Hall–Kier alpha value is -1.55. The van der Waals surface area contributed by atoms with Crippen molar-refractivity contribution in [2.45, 2.75) is 26.3 Å². The van der Waals surface area contributed by atoms with E-state index in [1.54, 1.807) is 0 Å². The summed E-state index contributed by atoms with van der Waals surface area (Å²) in [5, 5.41) is 3.44. The molecule has 0 spiro atoms. The molecule has 0 amide bonds. The zero-order valence-corrected chi connectivity index (χ0v) is 11.5. The summed E-state index contributed by atoms with van der Waals surface area (Å²) in [6.45, 7) is 5.74. The second-order valence-corrected chi connectivity index (χ2v) is 4.81. The summed E-state index contributed by atoms with van der Waals surface area (Å²) in [6, 6.07) is 8.29. The van der Waals surface area contributed by atoms with Crippen LogP contribution in [0.15, 0.2) is 24.3 Å². The lowest BCUT2D eigenvalue weighted by Gasteiger charge is -2.32. The van der Waals surface area contributed by atoms with Crippen molar-refractivity contribution in [3.05, 3.63) is 29.8 Å². The molecule has 1 aliphatic heterocycles. The minimum atomic E-state index is -0.150. The van der Waals surface area contributed by atoms with Gasteiger partial charge in [-0.25, -0.2) is 0 Å². The van der Waals surface area contributed by atoms with Crippen LogP contribution < -0.4 is 10.1 Å². The van der Waals surface area contributed by atoms with Crippen LogP contribution in [0.3, 0.4) is 0 Å². The monoisotopic (exact) mass is 263 g/mol. The highest BCUT2D eigenvalue weighted by Gasteiger charge is 2.27. The van der Waals surface area contributed by atoms with E-state index < -0.39 is 0 Å². The summed E-state index contributed by atoms with van der Waals surface area (Å²) in [6.07, 6.45) is 0.403. The molecule has 1 heterocycles. The van der Waals surface area contributed by atoms with Gasteiger partial charge >= 0.3 is 5.97 Å². The molecule has 0 radical (unpaired) electrons. The lowest BCUT2D eigenvalue weighted by atomic mass is 9.92. The van der Waals surface area contributed by atoms with Crippen LogP contribution in [-0.4, -0.2) is 25.7 Å². The van der Waals surface area contributed by atoms with Gasteiger partial charge in [0.15, 0.2) is 0 Å². The highest BCUT2D eigenvalue weighted by Crippen LogP contribution is 2.34. The number of carbonyl (C=O) groups is 1. The Bertz CT molecular complexity index is 433. The molecular weight excluding hydrogens is 242 g/mol. The lowest BCUT2D eigenvalue weighted by Crippen LogP contribution is -2.35. The highest BCUT2D eigenvalue weighted by molar-refractivity contribution is 5.69. The molecule has 1 aliphatic rings. The van der Waals surface area contributed by atoms with E-state index in [9.17, 15) is 4.79 Å². The minimum Gasteiger partial charge on any atom is -0.493 e. The normalized spacial score (nSPS) is 21.4. The molecule has 2 atom stereocenters. The third kappa shape index (κ3) is 3.47. The molecule has 104 valence electrons. The first-order valence-electron chi connectivity index (χ1n) is 6.83. The fourth-order valence-corrected chi connectivity index (χ4v) is 2.37. The molecule has 19 heavy (non-hydrogen) atoms. The molecule has 0 bridgehead atoms. The molecular formula is C15H21NO3. The first-order valence-corrected chi connectivity index (χ1v) is 6.83. The number of esters is 1. The summed E-state index contributed by atoms with van der Waals surface area (Å²) in [5.41, 5.74) is 1.17. The predicted molar refractivity (Wildman–Crippen MR) is 73.1 cm³/mol. The third-order valence-electron chi connectivity index (χ3n) is 3.32. The van der Waals surface area contributed by atoms with Crippen molar-refractivity contribution < 1.29 is 14.3 Å². The third-order valence-corrected chi connectivity index (χ3v) is 3.32. The van der Waals surface area contributed by atoms with Crippen LogP contribution in [0.1, 0.15) is 31.9 Å².